The first-order chi connectivity index (χ1) is 13.8. The van der Waals surface area contributed by atoms with E-state index in [2.05, 4.69) is 20.2 Å². The van der Waals surface area contributed by atoms with E-state index in [9.17, 15) is 4.79 Å². The number of anilines is 1. The van der Waals surface area contributed by atoms with Gasteiger partial charge in [-0.2, -0.15) is 0 Å². The van der Waals surface area contributed by atoms with Crippen LogP contribution in [-0.2, 0) is 11.3 Å². The van der Waals surface area contributed by atoms with Gasteiger partial charge in [0.15, 0.2) is 0 Å². The number of nitrogens with zero attached hydrogens (tertiary/aromatic N) is 3. The predicted octanol–water partition coefficient (Wildman–Crippen LogP) is 2.91. The Hall–Kier alpha value is -3.25. The number of amides is 1. The van der Waals surface area contributed by atoms with Gasteiger partial charge >= 0.3 is 0 Å². The largest absolute Gasteiger partial charge is 0.378 e. The van der Waals surface area contributed by atoms with Crippen LogP contribution in [0.3, 0.4) is 0 Å². The molecule has 0 atom stereocenters. The van der Waals surface area contributed by atoms with Crippen molar-refractivity contribution in [3.05, 3.63) is 78.2 Å². The fourth-order valence-electron chi connectivity index (χ4n) is 3.19. The summed E-state index contributed by atoms with van der Waals surface area (Å²) in [5, 5.41) is 2.98. The Kier molecular flexibility index (Phi) is 5.58. The molecule has 3 heterocycles. The Morgan fingerprint density at radius 3 is 2.50 bits per heavy atom. The van der Waals surface area contributed by atoms with Crippen molar-refractivity contribution in [2.24, 2.45) is 0 Å². The molecule has 6 nitrogen and oxygen atoms in total. The molecule has 0 saturated carbocycles. The van der Waals surface area contributed by atoms with Crippen LogP contribution in [0.4, 0.5) is 5.69 Å². The summed E-state index contributed by atoms with van der Waals surface area (Å²) in [6.07, 6.45) is 5.24. The van der Waals surface area contributed by atoms with Gasteiger partial charge in [0.1, 0.15) is 0 Å². The number of nitrogens with one attached hydrogen (secondary N) is 1. The molecule has 1 aliphatic heterocycles. The van der Waals surface area contributed by atoms with Crippen molar-refractivity contribution in [2.75, 3.05) is 31.2 Å². The Bertz CT molecular complexity index is 923. The maximum absolute atomic E-state index is 12.5. The summed E-state index contributed by atoms with van der Waals surface area (Å²) in [5.74, 6) is -0.0872. The zero-order valence-electron chi connectivity index (χ0n) is 15.5. The molecule has 3 aromatic rings. The molecule has 1 saturated heterocycles. The number of morpholine rings is 1. The third-order valence-electron chi connectivity index (χ3n) is 4.76. The number of carbonyl (C=O) groups excluding carboxylic acids is 1. The second kappa shape index (κ2) is 8.63. The lowest BCUT2D eigenvalue weighted by molar-refractivity contribution is 0.0951. The third kappa shape index (κ3) is 4.35. The fraction of sp³-hybridized carbons (Fsp3) is 0.227. The number of rotatable bonds is 5. The monoisotopic (exact) mass is 374 g/mol. The highest BCUT2D eigenvalue weighted by Crippen LogP contribution is 2.18. The lowest BCUT2D eigenvalue weighted by Gasteiger charge is -2.28. The molecule has 0 unspecified atom stereocenters. The van der Waals surface area contributed by atoms with Crippen LogP contribution >= 0.6 is 0 Å². The first-order valence-electron chi connectivity index (χ1n) is 9.36. The number of hydrogen-bond acceptors (Lipinski definition) is 5. The van der Waals surface area contributed by atoms with Crippen LogP contribution in [0.15, 0.2) is 67.1 Å². The highest BCUT2D eigenvalue weighted by atomic mass is 16.5. The number of aromatic nitrogens is 2. The number of ether oxygens (including phenoxy) is 1. The van der Waals surface area contributed by atoms with Crippen LogP contribution in [0.5, 0.6) is 0 Å². The number of carbonyl (C=O) groups is 1. The maximum Gasteiger partial charge on any atom is 0.251 e. The molecule has 1 fully saturated rings. The van der Waals surface area contributed by atoms with E-state index in [0.29, 0.717) is 12.1 Å². The molecule has 2 aromatic heterocycles. The lowest BCUT2D eigenvalue weighted by atomic mass is 10.1. The van der Waals surface area contributed by atoms with Gasteiger partial charge in [-0.3, -0.25) is 14.8 Å². The molecule has 0 bridgehead atoms. The van der Waals surface area contributed by atoms with Gasteiger partial charge in [-0.15, -0.1) is 0 Å². The van der Waals surface area contributed by atoms with Gasteiger partial charge in [-0.1, -0.05) is 0 Å². The Labute approximate surface area is 164 Å². The molecule has 142 valence electrons. The summed E-state index contributed by atoms with van der Waals surface area (Å²) < 4.78 is 5.38. The molecule has 1 aliphatic rings. The molecule has 1 amide bonds. The van der Waals surface area contributed by atoms with Gasteiger partial charge in [-0.05, 0) is 54.1 Å². The molecule has 0 aliphatic carbocycles. The van der Waals surface area contributed by atoms with E-state index >= 15 is 0 Å². The SMILES string of the molecule is O=C(NCc1ccnc(-c2ccncc2)c1)c1ccc(N2CCOCC2)cc1. The summed E-state index contributed by atoms with van der Waals surface area (Å²) in [5.41, 5.74) is 4.64. The average Bonchev–Trinajstić information content (AvgIpc) is 2.79. The fourth-order valence-corrected chi connectivity index (χ4v) is 3.19. The van der Waals surface area contributed by atoms with Crippen LogP contribution in [-0.4, -0.2) is 42.2 Å². The first kappa shape index (κ1) is 18.1. The maximum atomic E-state index is 12.5. The second-order valence-corrected chi connectivity index (χ2v) is 6.61. The summed E-state index contributed by atoms with van der Waals surface area (Å²) in [6.45, 7) is 3.71. The van der Waals surface area contributed by atoms with Gasteiger partial charge in [-0.25, -0.2) is 0 Å². The highest BCUT2D eigenvalue weighted by molar-refractivity contribution is 5.94. The number of hydrogen-bond donors (Lipinski definition) is 1. The van der Waals surface area contributed by atoms with E-state index in [1.807, 2.05) is 48.5 Å². The van der Waals surface area contributed by atoms with Gasteiger partial charge in [0.2, 0.25) is 0 Å². The topological polar surface area (TPSA) is 67.4 Å². The summed E-state index contributed by atoms with van der Waals surface area (Å²) in [4.78, 5) is 23.2. The lowest BCUT2D eigenvalue weighted by Crippen LogP contribution is -2.36. The minimum absolute atomic E-state index is 0.0872. The molecule has 0 radical (unpaired) electrons. The highest BCUT2D eigenvalue weighted by Gasteiger charge is 2.12. The van der Waals surface area contributed by atoms with Crippen molar-refractivity contribution < 1.29 is 9.53 Å². The van der Waals surface area contributed by atoms with Crippen molar-refractivity contribution in [3.8, 4) is 11.3 Å². The van der Waals surface area contributed by atoms with Crippen LogP contribution in [0, 0.1) is 0 Å². The van der Waals surface area contributed by atoms with E-state index in [0.717, 1.165) is 48.8 Å². The van der Waals surface area contributed by atoms with Gasteiger partial charge in [0.25, 0.3) is 5.91 Å². The van der Waals surface area contributed by atoms with Crippen LogP contribution in [0.2, 0.25) is 0 Å². The van der Waals surface area contributed by atoms with Crippen LogP contribution in [0.25, 0.3) is 11.3 Å². The average molecular weight is 374 g/mol. The second-order valence-electron chi connectivity index (χ2n) is 6.61. The van der Waals surface area contributed by atoms with Crippen molar-refractivity contribution in [1.82, 2.24) is 15.3 Å². The molecular weight excluding hydrogens is 352 g/mol. The van der Waals surface area contributed by atoms with Gasteiger partial charge in [0, 0.05) is 55.0 Å². The molecular formula is C22H22N4O2. The Morgan fingerprint density at radius 2 is 1.75 bits per heavy atom. The number of pyridine rings is 2. The van der Waals surface area contributed by atoms with Crippen molar-refractivity contribution in [1.29, 1.82) is 0 Å². The van der Waals surface area contributed by atoms with E-state index in [1.165, 1.54) is 0 Å². The van der Waals surface area contributed by atoms with E-state index in [-0.39, 0.29) is 5.91 Å². The summed E-state index contributed by atoms with van der Waals surface area (Å²) in [6, 6.07) is 15.5. The minimum Gasteiger partial charge on any atom is -0.378 e. The van der Waals surface area contributed by atoms with Crippen molar-refractivity contribution >= 4 is 11.6 Å². The quantitative estimate of drug-likeness (QED) is 0.744. The molecule has 6 heteroatoms. The molecule has 4 rings (SSSR count). The summed E-state index contributed by atoms with van der Waals surface area (Å²) in [7, 11) is 0. The van der Waals surface area contributed by atoms with Crippen LogP contribution in [0.1, 0.15) is 15.9 Å². The molecule has 1 aromatic carbocycles. The van der Waals surface area contributed by atoms with Gasteiger partial charge in [0.05, 0.1) is 18.9 Å². The summed E-state index contributed by atoms with van der Waals surface area (Å²) >= 11 is 0. The van der Waals surface area contributed by atoms with Crippen LogP contribution < -0.4 is 10.2 Å². The third-order valence-corrected chi connectivity index (χ3v) is 4.76. The minimum atomic E-state index is -0.0872. The zero-order valence-corrected chi connectivity index (χ0v) is 15.5. The van der Waals surface area contributed by atoms with E-state index in [1.54, 1.807) is 18.6 Å². The molecule has 0 spiro atoms. The number of benzene rings is 1. The van der Waals surface area contributed by atoms with Crippen molar-refractivity contribution in [3.63, 3.8) is 0 Å². The smallest absolute Gasteiger partial charge is 0.251 e. The van der Waals surface area contributed by atoms with Crippen molar-refractivity contribution in [2.45, 2.75) is 6.54 Å². The molecule has 28 heavy (non-hydrogen) atoms. The van der Waals surface area contributed by atoms with E-state index < -0.39 is 0 Å². The normalized spacial score (nSPS) is 13.9. The van der Waals surface area contributed by atoms with Gasteiger partial charge < -0.3 is 15.0 Å². The Balaban J connectivity index is 1.38. The molecule has 1 N–H and O–H groups in total. The Morgan fingerprint density at radius 1 is 1.00 bits per heavy atom. The first-order valence-corrected chi connectivity index (χ1v) is 9.36. The standard InChI is InChI=1S/C22H22N4O2/c27-22(19-1-3-20(4-2-19)26-11-13-28-14-12-26)25-16-17-5-10-24-21(15-17)18-6-8-23-9-7-18/h1-10,15H,11-14,16H2,(H,25,27). The predicted molar refractivity (Wildman–Crippen MR) is 108 cm³/mol. The zero-order chi connectivity index (χ0) is 19.2. The van der Waals surface area contributed by atoms with E-state index in [4.69, 9.17) is 4.74 Å².